The van der Waals surface area contributed by atoms with E-state index >= 15 is 0 Å². The molecule has 0 amide bonds. The van der Waals surface area contributed by atoms with Crippen LogP contribution in [0.3, 0.4) is 0 Å². The van der Waals surface area contributed by atoms with Gasteiger partial charge in [0.05, 0.1) is 0 Å². The average molecular weight is 390 g/mol. The lowest BCUT2D eigenvalue weighted by atomic mass is 10.1. The molecule has 2 rings (SSSR count). The molecule has 1 aromatic carbocycles. The Bertz CT molecular complexity index is 515. The van der Waals surface area contributed by atoms with E-state index in [4.69, 9.17) is 0 Å². The van der Waals surface area contributed by atoms with E-state index in [2.05, 4.69) is 15.9 Å². The molecule has 0 aliphatic rings. The Morgan fingerprint density at radius 1 is 1.11 bits per heavy atom. The van der Waals surface area contributed by atoms with E-state index in [1.807, 2.05) is 66.3 Å². The largest absolute Gasteiger partial charge is 0.412 e. The topological polar surface area (TPSA) is 52.5 Å². The molecule has 1 unspecified atom stereocenters. The van der Waals surface area contributed by atoms with Crippen molar-refractivity contribution < 1.29 is 14.8 Å². The minimum absolute atomic E-state index is 0. The summed E-state index contributed by atoms with van der Waals surface area (Å²) >= 11 is 3.36. The lowest BCUT2D eigenvalue weighted by molar-refractivity contribution is -0.704. The SMILES string of the molecule is Br.CC(C(=O)c1ccc(Br)cc1)[n+]1ccccc1.O. The summed E-state index contributed by atoms with van der Waals surface area (Å²) in [6.07, 6.45) is 3.81. The van der Waals surface area contributed by atoms with E-state index in [9.17, 15) is 4.79 Å². The van der Waals surface area contributed by atoms with Crippen molar-refractivity contribution in [3.63, 3.8) is 0 Å². The standard InChI is InChI=1S/C14H13BrNO.BrH.H2O/c1-11(16-9-3-2-4-10-16)14(17)12-5-7-13(15)8-6-12;;/h2-11H,1H3;1H;1H2/q+1;;. The zero-order chi connectivity index (χ0) is 12.3. The van der Waals surface area contributed by atoms with Crippen LogP contribution < -0.4 is 4.57 Å². The first-order chi connectivity index (χ1) is 8.18. The van der Waals surface area contributed by atoms with Gasteiger partial charge in [-0.3, -0.25) is 4.79 Å². The number of ketones is 1. The second kappa shape index (κ2) is 8.19. The molecule has 2 N–H and O–H groups in total. The van der Waals surface area contributed by atoms with Gasteiger partial charge >= 0.3 is 0 Å². The molecule has 1 aromatic heterocycles. The average Bonchev–Trinajstić information content (AvgIpc) is 2.39. The molecule has 0 bridgehead atoms. The Kier molecular flexibility index (Phi) is 7.75. The van der Waals surface area contributed by atoms with Gasteiger partial charge in [-0.15, -0.1) is 17.0 Å². The molecule has 3 nitrogen and oxygen atoms in total. The van der Waals surface area contributed by atoms with Crippen molar-refractivity contribution in [3.8, 4) is 0 Å². The van der Waals surface area contributed by atoms with Crippen molar-refractivity contribution in [2.75, 3.05) is 0 Å². The van der Waals surface area contributed by atoms with Crippen LogP contribution in [0.2, 0.25) is 0 Å². The molecule has 5 heteroatoms. The summed E-state index contributed by atoms with van der Waals surface area (Å²) in [5.41, 5.74) is 0.733. The molecule has 0 aliphatic carbocycles. The Labute approximate surface area is 131 Å². The van der Waals surface area contributed by atoms with E-state index in [-0.39, 0.29) is 34.3 Å². The molecular weight excluding hydrogens is 374 g/mol. The fourth-order valence-electron chi connectivity index (χ4n) is 1.66. The van der Waals surface area contributed by atoms with Gasteiger partial charge in [0, 0.05) is 29.1 Å². The van der Waals surface area contributed by atoms with E-state index < -0.39 is 0 Å². The number of benzene rings is 1. The number of nitrogens with zero attached hydrogens (tertiary/aromatic N) is 1. The van der Waals surface area contributed by atoms with Crippen LogP contribution in [0, 0.1) is 0 Å². The molecule has 102 valence electrons. The van der Waals surface area contributed by atoms with Crippen molar-refractivity contribution >= 4 is 38.7 Å². The molecule has 2 aromatic rings. The lowest BCUT2D eigenvalue weighted by Crippen LogP contribution is -2.41. The highest BCUT2D eigenvalue weighted by Crippen LogP contribution is 2.13. The number of aromatic nitrogens is 1. The van der Waals surface area contributed by atoms with Crippen molar-refractivity contribution in [2.45, 2.75) is 13.0 Å². The first-order valence-corrected chi connectivity index (χ1v) is 6.23. The van der Waals surface area contributed by atoms with Gasteiger partial charge in [-0.05, 0) is 12.1 Å². The third-order valence-electron chi connectivity index (χ3n) is 2.69. The van der Waals surface area contributed by atoms with Gasteiger partial charge < -0.3 is 5.48 Å². The van der Waals surface area contributed by atoms with Crippen LogP contribution >= 0.6 is 32.9 Å². The van der Waals surface area contributed by atoms with Crippen molar-refractivity contribution in [3.05, 3.63) is 64.9 Å². The van der Waals surface area contributed by atoms with Crippen LogP contribution in [0.1, 0.15) is 23.3 Å². The monoisotopic (exact) mass is 388 g/mol. The predicted octanol–water partition coefficient (Wildman–Crippen LogP) is 2.93. The fourth-order valence-corrected chi connectivity index (χ4v) is 1.93. The van der Waals surface area contributed by atoms with E-state index in [0.717, 1.165) is 10.0 Å². The first-order valence-electron chi connectivity index (χ1n) is 5.44. The maximum Gasteiger partial charge on any atom is 0.230 e. The summed E-state index contributed by atoms with van der Waals surface area (Å²) in [6, 6.07) is 13.0. The Hall–Kier alpha value is -1.04. The van der Waals surface area contributed by atoms with Crippen molar-refractivity contribution in [1.82, 2.24) is 0 Å². The number of hydrogen-bond acceptors (Lipinski definition) is 1. The van der Waals surface area contributed by atoms with Gasteiger partial charge in [0.25, 0.3) is 0 Å². The summed E-state index contributed by atoms with van der Waals surface area (Å²) in [4.78, 5) is 12.2. The molecule has 1 heterocycles. The number of pyridine rings is 1. The molecule has 0 saturated heterocycles. The first kappa shape index (κ1) is 18.0. The number of rotatable bonds is 3. The van der Waals surface area contributed by atoms with Crippen LogP contribution in [0.25, 0.3) is 0 Å². The molecule has 0 spiro atoms. The third-order valence-corrected chi connectivity index (χ3v) is 3.22. The summed E-state index contributed by atoms with van der Waals surface area (Å²) in [6.45, 7) is 1.91. The van der Waals surface area contributed by atoms with Crippen LogP contribution in [0.4, 0.5) is 0 Å². The maximum atomic E-state index is 12.2. The maximum absolute atomic E-state index is 12.2. The number of hydrogen-bond donors (Lipinski definition) is 0. The van der Waals surface area contributed by atoms with Crippen LogP contribution in [-0.2, 0) is 0 Å². The molecule has 0 fully saturated rings. The third kappa shape index (κ3) is 4.53. The van der Waals surface area contributed by atoms with Crippen molar-refractivity contribution in [1.29, 1.82) is 0 Å². The van der Waals surface area contributed by atoms with Gasteiger partial charge in [0.1, 0.15) is 0 Å². The summed E-state index contributed by atoms with van der Waals surface area (Å²) < 4.78 is 2.89. The highest BCUT2D eigenvalue weighted by molar-refractivity contribution is 9.10. The lowest BCUT2D eigenvalue weighted by Gasteiger charge is -2.06. The van der Waals surface area contributed by atoms with E-state index in [1.54, 1.807) is 0 Å². The minimum Gasteiger partial charge on any atom is -0.412 e. The quantitative estimate of drug-likeness (QED) is 0.588. The molecular formula is C14H16Br2NO2+. The Balaban J connectivity index is 0.00000162. The highest BCUT2D eigenvalue weighted by atomic mass is 79.9. The van der Waals surface area contributed by atoms with Crippen LogP contribution in [0.15, 0.2) is 59.3 Å². The Morgan fingerprint density at radius 3 is 2.16 bits per heavy atom. The van der Waals surface area contributed by atoms with Gasteiger partial charge in [0.2, 0.25) is 11.8 Å². The summed E-state index contributed by atoms with van der Waals surface area (Å²) in [5.74, 6) is 0.119. The number of Topliss-reactive ketones (excluding diaryl/α,β-unsaturated/α-hetero) is 1. The van der Waals surface area contributed by atoms with Crippen LogP contribution in [0.5, 0.6) is 0 Å². The highest BCUT2D eigenvalue weighted by Gasteiger charge is 2.22. The number of carbonyl (C=O) groups is 1. The number of carbonyl (C=O) groups excluding carboxylic acids is 1. The molecule has 0 aliphatic heterocycles. The molecule has 0 radical (unpaired) electrons. The fraction of sp³-hybridized carbons (Fsp3) is 0.143. The molecule has 19 heavy (non-hydrogen) atoms. The summed E-state index contributed by atoms with van der Waals surface area (Å²) in [5, 5.41) is 0. The van der Waals surface area contributed by atoms with E-state index in [1.165, 1.54) is 0 Å². The Morgan fingerprint density at radius 2 is 1.63 bits per heavy atom. The summed E-state index contributed by atoms with van der Waals surface area (Å²) in [7, 11) is 0. The number of halogens is 2. The minimum atomic E-state index is -0.183. The second-order valence-electron chi connectivity index (χ2n) is 3.87. The molecule has 1 atom stereocenters. The molecule has 0 saturated carbocycles. The van der Waals surface area contributed by atoms with Crippen molar-refractivity contribution in [2.24, 2.45) is 0 Å². The zero-order valence-electron chi connectivity index (χ0n) is 10.4. The predicted molar refractivity (Wildman–Crippen MR) is 83.8 cm³/mol. The van der Waals surface area contributed by atoms with Gasteiger partial charge in [0.15, 0.2) is 12.4 Å². The smallest absolute Gasteiger partial charge is 0.230 e. The van der Waals surface area contributed by atoms with Gasteiger partial charge in [-0.1, -0.05) is 34.1 Å². The van der Waals surface area contributed by atoms with Gasteiger partial charge in [-0.25, -0.2) is 0 Å². The van der Waals surface area contributed by atoms with Crippen LogP contribution in [-0.4, -0.2) is 11.3 Å². The van der Waals surface area contributed by atoms with Gasteiger partial charge in [-0.2, -0.15) is 4.57 Å². The normalized spacial score (nSPS) is 10.8. The second-order valence-corrected chi connectivity index (χ2v) is 4.79. The van der Waals surface area contributed by atoms with E-state index in [0.29, 0.717) is 0 Å². The zero-order valence-corrected chi connectivity index (χ0v) is 13.7.